The van der Waals surface area contributed by atoms with E-state index in [1.54, 1.807) is 24.3 Å². The number of carbonyl (C=O) groups excluding carboxylic acids is 1. The van der Waals surface area contributed by atoms with Crippen molar-refractivity contribution in [1.82, 2.24) is 0 Å². The molecule has 0 unspecified atom stereocenters. The van der Waals surface area contributed by atoms with Crippen LogP contribution in [0.5, 0.6) is 11.5 Å². The zero-order valence-electron chi connectivity index (χ0n) is 29.1. The summed E-state index contributed by atoms with van der Waals surface area (Å²) in [6.07, 6.45) is 16.5. The number of carbonyl (C=O) groups is 1. The van der Waals surface area contributed by atoms with E-state index in [-0.39, 0.29) is 27.0 Å². The van der Waals surface area contributed by atoms with Crippen molar-refractivity contribution < 1.29 is 56.6 Å². The number of azo groups is 1. The molecule has 0 radical (unpaired) electrons. The SMILES string of the molecule is CCCCCCCCCCCCCCCCOc1ccc(N=Nc2c(S(=O)(=O)O)cc3cc(SOOO)cc(NC(=O)CP(=O)(O)O)c3c2O)cc1. The maximum atomic E-state index is 12.4. The molecule has 3 aromatic carbocycles. The molecule has 0 atom stereocenters. The molecule has 0 aromatic heterocycles. The lowest BCUT2D eigenvalue weighted by Crippen LogP contribution is -2.16. The first-order valence-corrected chi connectivity index (χ1v) is 21.2. The molecule has 0 heterocycles. The van der Waals surface area contributed by atoms with E-state index in [4.69, 9.17) is 9.99 Å². The van der Waals surface area contributed by atoms with Gasteiger partial charge in [0.25, 0.3) is 10.1 Å². The Labute approximate surface area is 308 Å². The first-order chi connectivity index (χ1) is 24.8. The van der Waals surface area contributed by atoms with Crippen LogP contribution in [0, 0.1) is 0 Å². The number of nitrogens with zero attached hydrogens (tertiary/aromatic N) is 2. The molecule has 52 heavy (non-hydrogen) atoms. The molecule has 0 bridgehead atoms. The van der Waals surface area contributed by atoms with E-state index in [2.05, 4.69) is 31.8 Å². The van der Waals surface area contributed by atoms with Gasteiger partial charge in [-0.25, -0.2) is 5.26 Å². The number of rotatable bonds is 25. The number of hydrogen-bond donors (Lipinski definition) is 6. The molecule has 0 fully saturated rings. The maximum absolute atomic E-state index is 12.4. The standard InChI is InChI=1S/C34H48N3O12PS2/c1-2-3-4-5-6-7-8-9-10-11-12-13-14-15-20-47-27-18-16-26(17-19-27)36-37-33-30(52(44,45)46)22-25-21-28(51-49-48-40)23-29(32(25)34(33)39)35-31(38)24-50(41,42)43/h16-19,21-23,39-40H,2-15,20,24H2,1H3,(H,35,38)(H2,41,42,43)(H,44,45,46). The normalized spacial score (nSPS) is 12.2. The van der Waals surface area contributed by atoms with E-state index in [1.165, 1.54) is 89.2 Å². The summed E-state index contributed by atoms with van der Waals surface area (Å²) in [4.78, 5) is 30.0. The number of hydrogen-bond acceptors (Lipinski definition) is 12. The summed E-state index contributed by atoms with van der Waals surface area (Å²) in [6, 6.07) is 9.84. The summed E-state index contributed by atoms with van der Waals surface area (Å²) in [7, 11) is -9.79. The van der Waals surface area contributed by atoms with Crippen molar-refractivity contribution in [2.75, 3.05) is 18.1 Å². The van der Waals surface area contributed by atoms with Gasteiger partial charge >= 0.3 is 7.60 Å². The topological polar surface area (TPSA) is 234 Å². The van der Waals surface area contributed by atoms with Crippen LogP contribution in [-0.4, -0.2) is 51.8 Å². The molecule has 18 heteroatoms. The van der Waals surface area contributed by atoms with Crippen molar-refractivity contribution in [2.45, 2.75) is 107 Å². The second kappa shape index (κ2) is 22.2. The number of fused-ring (bicyclic) bond motifs is 1. The number of unbranched alkanes of at least 4 members (excludes halogenated alkanes) is 13. The van der Waals surface area contributed by atoms with E-state index in [0.717, 1.165) is 18.9 Å². The summed E-state index contributed by atoms with van der Waals surface area (Å²) >= 11 is 0.413. The Hall–Kier alpha value is -3.12. The van der Waals surface area contributed by atoms with Gasteiger partial charge in [0.15, 0.2) is 5.75 Å². The maximum Gasteiger partial charge on any atom is 0.334 e. The van der Waals surface area contributed by atoms with Crippen LogP contribution < -0.4 is 10.1 Å². The fourth-order valence-corrected chi connectivity index (χ4v) is 7.10. The molecule has 3 rings (SSSR count). The van der Waals surface area contributed by atoms with Crippen LogP contribution in [0.4, 0.5) is 17.1 Å². The predicted molar refractivity (Wildman–Crippen MR) is 198 cm³/mol. The van der Waals surface area contributed by atoms with Gasteiger partial charge in [-0.3, -0.25) is 13.9 Å². The number of phenolic OH excluding ortho intramolecular Hbond substituents is 1. The minimum atomic E-state index is -5.00. The van der Waals surface area contributed by atoms with Gasteiger partial charge in [0.1, 0.15) is 22.5 Å². The van der Waals surface area contributed by atoms with Crippen LogP contribution >= 0.6 is 19.6 Å². The number of benzene rings is 3. The quantitative estimate of drug-likeness (QED) is 0.00894. The van der Waals surface area contributed by atoms with Gasteiger partial charge in [-0.15, -0.1) is 9.45 Å². The van der Waals surface area contributed by atoms with Gasteiger partial charge in [-0.2, -0.15) is 13.5 Å². The zero-order valence-corrected chi connectivity index (χ0v) is 31.6. The van der Waals surface area contributed by atoms with E-state index in [9.17, 15) is 37.2 Å². The highest BCUT2D eigenvalue weighted by molar-refractivity contribution is 7.94. The molecular weight excluding hydrogens is 737 g/mol. The molecule has 3 aromatic rings. The van der Waals surface area contributed by atoms with Crippen LogP contribution in [-0.2, 0) is 28.8 Å². The second-order valence-electron chi connectivity index (χ2n) is 12.4. The molecule has 0 saturated heterocycles. The average Bonchev–Trinajstić information content (AvgIpc) is 3.07. The average molecular weight is 786 g/mol. The highest BCUT2D eigenvalue weighted by Gasteiger charge is 2.26. The Balaban J connectivity index is 1.62. The summed E-state index contributed by atoms with van der Waals surface area (Å²) in [5, 5.41) is 33.2. The third-order valence-electron chi connectivity index (χ3n) is 8.05. The zero-order chi connectivity index (χ0) is 38.0. The Bertz CT molecular complexity index is 1770. The predicted octanol–water partition coefficient (Wildman–Crippen LogP) is 9.61. The van der Waals surface area contributed by atoms with Gasteiger partial charge in [-0.1, -0.05) is 95.4 Å². The Kier molecular flexibility index (Phi) is 18.5. The van der Waals surface area contributed by atoms with Crippen LogP contribution in [0.2, 0.25) is 0 Å². The molecule has 288 valence electrons. The van der Waals surface area contributed by atoms with Crippen molar-refractivity contribution >= 4 is 63.5 Å². The summed E-state index contributed by atoms with van der Waals surface area (Å²) in [6.45, 7) is 2.79. The molecule has 15 nitrogen and oxygen atoms in total. The molecule has 0 aliphatic heterocycles. The lowest BCUT2D eigenvalue weighted by Gasteiger charge is -2.15. The third-order valence-corrected chi connectivity index (χ3v) is 10.2. The van der Waals surface area contributed by atoms with Crippen LogP contribution in [0.1, 0.15) is 96.8 Å². The number of aromatic hydroxyl groups is 1. The van der Waals surface area contributed by atoms with Gasteiger partial charge < -0.3 is 24.9 Å². The summed E-state index contributed by atoms with van der Waals surface area (Å²) in [5.74, 6) is -1.37. The van der Waals surface area contributed by atoms with Crippen molar-refractivity contribution in [3.05, 3.63) is 42.5 Å². The Morgan fingerprint density at radius 1 is 0.865 bits per heavy atom. The highest BCUT2D eigenvalue weighted by atomic mass is 32.2. The van der Waals surface area contributed by atoms with Crippen LogP contribution in [0.25, 0.3) is 10.8 Å². The Morgan fingerprint density at radius 2 is 1.44 bits per heavy atom. The van der Waals surface area contributed by atoms with Crippen molar-refractivity contribution in [3.8, 4) is 11.5 Å². The molecule has 6 N–H and O–H groups in total. The van der Waals surface area contributed by atoms with Crippen molar-refractivity contribution in [1.29, 1.82) is 0 Å². The minimum absolute atomic E-state index is 0.0785. The summed E-state index contributed by atoms with van der Waals surface area (Å²) < 4.78 is 56.3. The van der Waals surface area contributed by atoms with Gasteiger partial charge in [0, 0.05) is 10.3 Å². The molecule has 1 amide bonds. The van der Waals surface area contributed by atoms with Crippen molar-refractivity contribution in [2.24, 2.45) is 10.2 Å². The monoisotopic (exact) mass is 785 g/mol. The first-order valence-electron chi connectivity index (χ1n) is 17.3. The smallest absolute Gasteiger partial charge is 0.334 e. The number of anilines is 1. The first kappa shape index (κ1) is 43.3. The lowest BCUT2D eigenvalue weighted by atomic mass is 10.0. The highest BCUT2D eigenvalue weighted by Crippen LogP contribution is 2.46. The van der Waals surface area contributed by atoms with Gasteiger partial charge in [0.2, 0.25) is 5.91 Å². The van der Waals surface area contributed by atoms with E-state index in [1.807, 2.05) is 0 Å². The molecule has 0 aliphatic rings. The number of ether oxygens (including phenoxy) is 1. The molecule has 0 aliphatic carbocycles. The van der Waals surface area contributed by atoms with E-state index >= 15 is 0 Å². The largest absolute Gasteiger partial charge is 0.505 e. The fourth-order valence-electron chi connectivity index (χ4n) is 5.53. The number of nitrogens with one attached hydrogen (secondary N) is 1. The lowest BCUT2D eigenvalue weighted by molar-refractivity contribution is -0.432. The van der Waals surface area contributed by atoms with Gasteiger partial charge in [-0.05, 0) is 54.3 Å². The molecular formula is C34H48N3O12PS2. The summed E-state index contributed by atoms with van der Waals surface area (Å²) in [5.41, 5.74) is -0.655. The number of phenols is 1. The minimum Gasteiger partial charge on any atom is -0.505 e. The number of amides is 1. The van der Waals surface area contributed by atoms with Crippen LogP contribution in [0.3, 0.4) is 0 Å². The Morgan fingerprint density at radius 3 is 1.98 bits per heavy atom. The molecule has 0 saturated carbocycles. The second-order valence-corrected chi connectivity index (χ2v) is 16.2. The van der Waals surface area contributed by atoms with E-state index in [0.29, 0.717) is 24.4 Å². The fraction of sp³-hybridized carbons (Fsp3) is 0.500. The third kappa shape index (κ3) is 15.5. The van der Waals surface area contributed by atoms with Crippen LogP contribution in [0.15, 0.2) is 62.5 Å². The molecule has 0 spiro atoms. The van der Waals surface area contributed by atoms with E-state index < -0.39 is 46.1 Å². The van der Waals surface area contributed by atoms with Gasteiger partial charge in [0.05, 0.1) is 30.0 Å². The van der Waals surface area contributed by atoms with Crippen molar-refractivity contribution in [3.63, 3.8) is 0 Å².